The van der Waals surface area contributed by atoms with Crippen LogP contribution in [0.2, 0.25) is 0 Å². The van der Waals surface area contributed by atoms with Crippen LogP contribution in [0.1, 0.15) is 19.8 Å². The van der Waals surface area contributed by atoms with Crippen LogP contribution >= 0.6 is 0 Å². The highest BCUT2D eigenvalue weighted by Crippen LogP contribution is 2.14. The molecule has 3 atom stereocenters. The molecule has 1 aliphatic heterocycles. The molecule has 3 rings (SSSR count). The van der Waals surface area contributed by atoms with Crippen molar-refractivity contribution < 1.29 is 13.6 Å². The Morgan fingerprint density at radius 1 is 1.36 bits per heavy atom. The van der Waals surface area contributed by atoms with Gasteiger partial charge in [-0.25, -0.2) is 19.0 Å². The summed E-state index contributed by atoms with van der Waals surface area (Å²) in [6.07, 6.45) is 1.23. The molecule has 0 radical (unpaired) electrons. The number of nitrogens with zero attached hydrogens (tertiary/aromatic N) is 2. The molecule has 4 N–H and O–H groups in total. The van der Waals surface area contributed by atoms with Crippen molar-refractivity contribution in [2.24, 2.45) is 0 Å². The average molecular weight is 392 g/mol. The van der Waals surface area contributed by atoms with E-state index in [0.29, 0.717) is 17.4 Å². The first-order chi connectivity index (χ1) is 13.3. The van der Waals surface area contributed by atoms with E-state index in [1.165, 1.54) is 0 Å². The summed E-state index contributed by atoms with van der Waals surface area (Å²) in [5.74, 6) is -3.25. The van der Waals surface area contributed by atoms with Crippen LogP contribution in [0.5, 0.6) is 0 Å². The lowest BCUT2D eigenvalue weighted by Gasteiger charge is -2.32. The molecular weight excluding hydrogens is 374 g/mol. The third-order valence-electron chi connectivity index (χ3n) is 4.70. The minimum absolute atomic E-state index is 0.150. The number of benzene rings is 1. The van der Waals surface area contributed by atoms with Gasteiger partial charge in [-0.15, -0.1) is 0 Å². The van der Waals surface area contributed by atoms with Gasteiger partial charge in [-0.3, -0.25) is 19.6 Å². The van der Waals surface area contributed by atoms with E-state index in [-0.39, 0.29) is 23.6 Å². The molecule has 9 nitrogen and oxygen atoms in total. The van der Waals surface area contributed by atoms with Gasteiger partial charge in [0.05, 0.1) is 11.6 Å². The van der Waals surface area contributed by atoms with Crippen LogP contribution in [0.3, 0.4) is 0 Å². The van der Waals surface area contributed by atoms with Gasteiger partial charge in [-0.05, 0) is 31.9 Å². The Kier molecular flexibility index (Phi) is 5.53. The number of fused-ring (bicyclic) bond motifs is 1. The standard InChI is InChI=1S/C17H18F2N6O3/c1-8(11-4-2-9(6-20)23-24-11)21-13(26)7-25-16(27)14-12(22-17(25)28)5-3-10(18)15(14)19/h3,5,8-9,11,23-24H,2,4,7H2,1H3,(H,21,26)(H,22,28)/t8-,9?,11?/m1/s1. The van der Waals surface area contributed by atoms with Crippen LogP contribution in [0.15, 0.2) is 21.7 Å². The minimum Gasteiger partial charge on any atom is -0.350 e. The highest BCUT2D eigenvalue weighted by atomic mass is 19.2. The topological polar surface area (TPSA) is 132 Å². The molecule has 0 bridgehead atoms. The van der Waals surface area contributed by atoms with Crippen molar-refractivity contribution in [2.45, 2.75) is 44.4 Å². The molecular formula is C17H18F2N6O3. The van der Waals surface area contributed by atoms with Crippen LogP contribution in [0, 0.1) is 23.0 Å². The number of nitriles is 1. The Morgan fingerprint density at radius 2 is 2.11 bits per heavy atom. The summed E-state index contributed by atoms with van der Waals surface area (Å²) in [4.78, 5) is 39.1. The number of carbonyl (C=O) groups is 1. The molecule has 0 spiro atoms. The van der Waals surface area contributed by atoms with Crippen LogP contribution in [-0.4, -0.2) is 33.6 Å². The molecule has 1 saturated heterocycles. The van der Waals surface area contributed by atoms with E-state index >= 15 is 0 Å². The smallest absolute Gasteiger partial charge is 0.329 e. The first kappa shape index (κ1) is 19.7. The number of H-pyrrole nitrogens is 1. The summed E-state index contributed by atoms with van der Waals surface area (Å²) in [7, 11) is 0. The second kappa shape index (κ2) is 7.87. The Morgan fingerprint density at radius 3 is 2.75 bits per heavy atom. The molecule has 1 fully saturated rings. The number of halogens is 2. The second-order valence-electron chi connectivity index (χ2n) is 6.62. The Bertz CT molecular complexity index is 1070. The molecule has 2 unspecified atom stereocenters. The van der Waals surface area contributed by atoms with E-state index in [0.717, 1.165) is 12.1 Å². The quantitative estimate of drug-likeness (QED) is 0.561. The van der Waals surface area contributed by atoms with Crippen molar-refractivity contribution in [2.75, 3.05) is 0 Å². The van der Waals surface area contributed by atoms with E-state index < -0.39 is 40.7 Å². The maximum absolute atomic E-state index is 14.0. The number of aromatic nitrogens is 2. The molecule has 1 amide bonds. The molecule has 0 saturated carbocycles. The largest absolute Gasteiger partial charge is 0.350 e. The summed E-state index contributed by atoms with van der Waals surface area (Å²) in [6, 6.07) is 3.11. The van der Waals surface area contributed by atoms with Crippen LogP contribution in [-0.2, 0) is 11.3 Å². The van der Waals surface area contributed by atoms with E-state index in [2.05, 4.69) is 27.2 Å². The number of rotatable bonds is 4. The molecule has 2 aromatic rings. The predicted molar refractivity (Wildman–Crippen MR) is 95.0 cm³/mol. The summed E-state index contributed by atoms with van der Waals surface area (Å²) in [5, 5.41) is 10.9. The fourth-order valence-electron chi connectivity index (χ4n) is 3.13. The van der Waals surface area contributed by atoms with Gasteiger partial charge in [-0.1, -0.05) is 0 Å². The summed E-state index contributed by atoms with van der Waals surface area (Å²) >= 11 is 0. The number of hydrogen-bond acceptors (Lipinski definition) is 6. The van der Waals surface area contributed by atoms with Crippen molar-refractivity contribution in [1.82, 2.24) is 25.7 Å². The van der Waals surface area contributed by atoms with E-state index in [1.807, 2.05) is 0 Å². The molecule has 1 aliphatic rings. The number of nitrogens with one attached hydrogen (secondary N) is 4. The second-order valence-corrected chi connectivity index (χ2v) is 6.62. The maximum Gasteiger partial charge on any atom is 0.329 e. The first-order valence-corrected chi connectivity index (χ1v) is 8.62. The zero-order chi connectivity index (χ0) is 20.4. The van der Waals surface area contributed by atoms with Crippen molar-refractivity contribution in [3.8, 4) is 6.07 Å². The number of amides is 1. The fraction of sp³-hybridized carbons (Fsp3) is 0.412. The van der Waals surface area contributed by atoms with E-state index in [4.69, 9.17) is 5.26 Å². The molecule has 148 valence electrons. The lowest BCUT2D eigenvalue weighted by Crippen LogP contribution is -2.59. The fourth-order valence-corrected chi connectivity index (χ4v) is 3.13. The van der Waals surface area contributed by atoms with E-state index in [1.54, 1.807) is 6.92 Å². The number of hydrazine groups is 1. The zero-order valence-corrected chi connectivity index (χ0v) is 14.9. The van der Waals surface area contributed by atoms with Crippen molar-refractivity contribution in [3.63, 3.8) is 0 Å². The molecule has 1 aromatic heterocycles. The SMILES string of the molecule is C[C@@H](NC(=O)Cn1c(=O)[nH]c2ccc(F)c(F)c2c1=O)C1CCC(C#N)NN1. The molecule has 1 aromatic carbocycles. The van der Waals surface area contributed by atoms with Gasteiger partial charge >= 0.3 is 5.69 Å². The van der Waals surface area contributed by atoms with Crippen LogP contribution in [0.25, 0.3) is 10.9 Å². The lowest BCUT2D eigenvalue weighted by molar-refractivity contribution is -0.122. The third-order valence-corrected chi connectivity index (χ3v) is 4.70. The Balaban J connectivity index is 1.76. The van der Waals surface area contributed by atoms with Gasteiger partial charge in [0.25, 0.3) is 5.56 Å². The van der Waals surface area contributed by atoms with Gasteiger partial charge in [0.1, 0.15) is 18.0 Å². The zero-order valence-electron chi connectivity index (χ0n) is 14.9. The Labute approximate surface area is 157 Å². The lowest BCUT2D eigenvalue weighted by atomic mass is 10.00. The van der Waals surface area contributed by atoms with E-state index in [9.17, 15) is 23.2 Å². The van der Waals surface area contributed by atoms with Crippen molar-refractivity contribution in [1.29, 1.82) is 5.26 Å². The van der Waals surface area contributed by atoms with Gasteiger partial charge < -0.3 is 10.3 Å². The van der Waals surface area contributed by atoms with Gasteiger partial charge in [0, 0.05) is 12.1 Å². The highest BCUT2D eigenvalue weighted by molar-refractivity contribution is 5.79. The summed E-state index contributed by atoms with van der Waals surface area (Å²) in [6.45, 7) is 1.08. The van der Waals surface area contributed by atoms with Crippen LogP contribution < -0.4 is 27.4 Å². The van der Waals surface area contributed by atoms with Gasteiger partial charge in [0.15, 0.2) is 11.6 Å². The maximum atomic E-state index is 14.0. The number of aromatic amines is 1. The summed E-state index contributed by atoms with van der Waals surface area (Å²) in [5.41, 5.74) is 3.62. The monoisotopic (exact) mass is 392 g/mol. The van der Waals surface area contributed by atoms with Crippen molar-refractivity contribution >= 4 is 16.8 Å². The van der Waals surface area contributed by atoms with Crippen LogP contribution in [0.4, 0.5) is 8.78 Å². The molecule has 0 aliphatic carbocycles. The average Bonchev–Trinajstić information content (AvgIpc) is 2.68. The Hall–Kier alpha value is -3.10. The molecule has 28 heavy (non-hydrogen) atoms. The highest BCUT2D eigenvalue weighted by Gasteiger charge is 2.25. The third kappa shape index (κ3) is 3.78. The molecule has 2 heterocycles. The predicted octanol–water partition coefficient (Wildman–Crippen LogP) is -0.379. The number of carbonyl (C=O) groups excluding carboxylic acids is 1. The van der Waals surface area contributed by atoms with Gasteiger partial charge in [0.2, 0.25) is 5.91 Å². The first-order valence-electron chi connectivity index (χ1n) is 8.62. The van der Waals surface area contributed by atoms with Gasteiger partial charge in [-0.2, -0.15) is 5.26 Å². The minimum atomic E-state index is -1.38. The summed E-state index contributed by atoms with van der Waals surface area (Å²) < 4.78 is 27.9. The molecule has 11 heteroatoms. The van der Waals surface area contributed by atoms with Crippen molar-refractivity contribution in [3.05, 3.63) is 44.6 Å². The normalized spacial score (nSPS) is 20.5. The number of hydrogen-bond donors (Lipinski definition) is 4.